The molecule has 2 aliphatic heterocycles. The van der Waals surface area contributed by atoms with E-state index in [4.69, 9.17) is 10.5 Å². The highest BCUT2D eigenvalue weighted by atomic mass is 16.5. The van der Waals surface area contributed by atoms with Crippen molar-refractivity contribution in [3.05, 3.63) is 0 Å². The molecule has 2 heterocycles. The summed E-state index contributed by atoms with van der Waals surface area (Å²) in [4.78, 5) is 24.8. The van der Waals surface area contributed by atoms with Crippen molar-refractivity contribution in [2.75, 3.05) is 26.2 Å². The van der Waals surface area contributed by atoms with E-state index in [0.717, 1.165) is 0 Å². The van der Waals surface area contributed by atoms with Gasteiger partial charge in [-0.2, -0.15) is 0 Å². The molecular formula is C10H17N3O3. The first kappa shape index (κ1) is 11.3. The Morgan fingerprint density at radius 3 is 3.06 bits per heavy atom. The summed E-state index contributed by atoms with van der Waals surface area (Å²) >= 11 is 0. The van der Waals surface area contributed by atoms with Crippen LogP contribution in [0, 0.1) is 0 Å². The third-order valence-corrected chi connectivity index (χ3v) is 3.01. The first-order valence-electron chi connectivity index (χ1n) is 5.60. The predicted molar refractivity (Wildman–Crippen MR) is 56.5 cm³/mol. The summed E-state index contributed by atoms with van der Waals surface area (Å²) in [5, 5.41) is 2.68. The van der Waals surface area contributed by atoms with Gasteiger partial charge in [-0.3, -0.25) is 9.59 Å². The van der Waals surface area contributed by atoms with Crippen molar-refractivity contribution >= 4 is 11.8 Å². The minimum absolute atomic E-state index is 0.00685. The maximum atomic E-state index is 12.0. The van der Waals surface area contributed by atoms with E-state index in [2.05, 4.69) is 5.32 Å². The summed E-state index contributed by atoms with van der Waals surface area (Å²) in [6.07, 6.45) is 0.971. The number of nitrogens with two attached hydrogens (primary N) is 1. The van der Waals surface area contributed by atoms with Gasteiger partial charge in [-0.05, 0) is 6.42 Å². The van der Waals surface area contributed by atoms with Crippen molar-refractivity contribution in [2.24, 2.45) is 5.73 Å². The zero-order valence-electron chi connectivity index (χ0n) is 9.15. The average Bonchev–Trinajstić information content (AvgIpc) is 2.75. The van der Waals surface area contributed by atoms with E-state index >= 15 is 0 Å². The van der Waals surface area contributed by atoms with Crippen LogP contribution in [-0.4, -0.2) is 55.1 Å². The second-order valence-corrected chi connectivity index (χ2v) is 4.17. The standard InChI is InChI=1S/C10H17N3O3/c11-5-7-6-13(3-4-16-7)10(15)8-1-2-9(14)12-8/h7-8H,1-6,11H2,(H,12,14). The smallest absolute Gasteiger partial charge is 0.245 e. The molecule has 2 atom stereocenters. The van der Waals surface area contributed by atoms with Gasteiger partial charge in [-0.1, -0.05) is 0 Å². The lowest BCUT2D eigenvalue weighted by molar-refractivity contribution is -0.141. The van der Waals surface area contributed by atoms with Gasteiger partial charge >= 0.3 is 0 Å². The molecule has 2 rings (SSSR count). The van der Waals surface area contributed by atoms with Gasteiger partial charge in [-0.15, -0.1) is 0 Å². The molecule has 16 heavy (non-hydrogen) atoms. The molecule has 2 fully saturated rings. The summed E-state index contributed by atoms with van der Waals surface area (Å²) in [5.74, 6) is -0.0467. The van der Waals surface area contributed by atoms with Gasteiger partial charge in [0.05, 0.1) is 12.7 Å². The molecule has 0 aromatic carbocycles. The molecule has 0 bridgehead atoms. The van der Waals surface area contributed by atoms with Crippen molar-refractivity contribution in [1.82, 2.24) is 10.2 Å². The number of hydrogen-bond acceptors (Lipinski definition) is 4. The number of nitrogens with zero attached hydrogens (tertiary/aromatic N) is 1. The zero-order chi connectivity index (χ0) is 11.5. The normalized spacial score (nSPS) is 30.3. The molecule has 6 heteroatoms. The van der Waals surface area contributed by atoms with Gasteiger partial charge in [0, 0.05) is 26.1 Å². The third-order valence-electron chi connectivity index (χ3n) is 3.01. The Hall–Kier alpha value is -1.14. The van der Waals surface area contributed by atoms with Gasteiger partial charge in [0.2, 0.25) is 11.8 Å². The molecule has 0 aromatic heterocycles. The number of hydrogen-bond donors (Lipinski definition) is 2. The molecule has 0 saturated carbocycles. The van der Waals surface area contributed by atoms with E-state index in [9.17, 15) is 9.59 Å². The average molecular weight is 227 g/mol. The maximum absolute atomic E-state index is 12.0. The van der Waals surface area contributed by atoms with Crippen LogP contribution in [-0.2, 0) is 14.3 Å². The summed E-state index contributed by atoms with van der Waals surface area (Å²) < 4.78 is 5.39. The van der Waals surface area contributed by atoms with Gasteiger partial charge in [-0.25, -0.2) is 0 Å². The minimum atomic E-state index is -0.343. The third kappa shape index (κ3) is 2.33. The zero-order valence-corrected chi connectivity index (χ0v) is 9.15. The van der Waals surface area contributed by atoms with Crippen LogP contribution in [0.25, 0.3) is 0 Å². The number of ether oxygens (including phenoxy) is 1. The van der Waals surface area contributed by atoms with Crippen LogP contribution in [0.5, 0.6) is 0 Å². The van der Waals surface area contributed by atoms with E-state index in [1.165, 1.54) is 0 Å². The van der Waals surface area contributed by atoms with E-state index in [0.29, 0.717) is 39.1 Å². The molecular weight excluding hydrogens is 210 g/mol. The van der Waals surface area contributed by atoms with Crippen molar-refractivity contribution < 1.29 is 14.3 Å². The van der Waals surface area contributed by atoms with E-state index in [-0.39, 0.29) is 24.0 Å². The Kier molecular flexibility index (Phi) is 3.40. The maximum Gasteiger partial charge on any atom is 0.245 e. The highest BCUT2D eigenvalue weighted by Crippen LogP contribution is 2.12. The fourth-order valence-corrected chi connectivity index (χ4v) is 2.08. The SMILES string of the molecule is NCC1CN(C(=O)C2CCC(=O)N2)CCO1. The van der Waals surface area contributed by atoms with Crippen LogP contribution in [0.4, 0.5) is 0 Å². The lowest BCUT2D eigenvalue weighted by atomic mass is 10.1. The van der Waals surface area contributed by atoms with E-state index in [1.54, 1.807) is 4.90 Å². The minimum Gasteiger partial charge on any atom is -0.373 e. The fraction of sp³-hybridized carbons (Fsp3) is 0.800. The van der Waals surface area contributed by atoms with Crippen LogP contribution in [0.1, 0.15) is 12.8 Å². The fourth-order valence-electron chi connectivity index (χ4n) is 2.08. The van der Waals surface area contributed by atoms with Crippen LogP contribution >= 0.6 is 0 Å². The molecule has 0 spiro atoms. The second kappa shape index (κ2) is 4.80. The van der Waals surface area contributed by atoms with Crippen molar-refractivity contribution in [3.8, 4) is 0 Å². The summed E-state index contributed by atoms with van der Waals surface area (Å²) in [5.41, 5.74) is 5.51. The highest BCUT2D eigenvalue weighted by Gasteiger charge is 2.32. The van der Waals surface area contributed by atoms with Gasteiger partial charge in [0.1, 0.15) is 6.04 Å². The molecule has 3 N–H and O–H groups in total. The molecule has 2 unspecified atom stereocenters. The summed E-state index contributed by atoms with van der Waals surface area (Å²) in [6, 6.07) is -0.343. The topological polar surface area (TPSA) is 84.7 Å². The van der Waals surface area contributed by atoms with Gasteiger partial charge in [0.15, 0.2) is 0 Å². The quantitative estimate of drug-likeness (QED) is 0.598. The molecule has 2 aliphatic rings. The monoisotopic (exact) mass is 227 g/mol. The van der Waals surface area contributed by atoms with Crippen LogP contribution in [0.2, 0.25) is 0 Å². The Morgan fingerprint density at radius 2 is 2.44 bits per heavy atom. The summed E-state index contributed by atoms with van der Waals surface area (Å²) in [7, 11) is 0. The predicted octanol–water partition coefficient (Wildman–Crippen LogP) is -1.55. The van der Waals surface area contributed by atoms with Crippen molar-refractivity contribution in [2.45, 2.75) is 25.0 Å². The van der Waals surface area contributed by atoms with Crippen LogP contribution < -0.4 is 11.1 Å². The lowest BCUT2D eigenvalue weighted by Gasteiger charge is -2.33. The van der Waals surface area contributed by atoms with Crippen molar-refractivity contribution in [1.29, 1.82) is 0 Å². The van der Waals surface area contributed by atoms with E-state index in [1.807, 2.05) is 0 Å². The van der Waals surface area contributed by atoms with Gasteiger partial charge < -0.3 is 20.7 Å². The molecule has 2 saturated heterocycles. The Balaban J connectivity index is 1.91. The molecule has 0 aromatic rings. The molecule has 90 valence electrons. The molecule has 0 aliphatic carbocycles. The number of carbonyl (C=O) groups excluding carboxylic acids is 2. The van der Waals surface area contributed by atoms with Crippen molar-refractivity contribution in [3.63, 3.8) is 0 Å². The number of nitrogens with one attached hydrogen (secondary N) is 1. The molecule has 0 radical (unpaired) electrons. The largest absolute Gasteiger partial charge is 0.373 e. The Bertz CT molecular complexity index is 295. The van der Waals surface area contributed by atoms with E-state index < -0.39 is 0 Å². The first-order chi connectivity index (χ1) is 7.70. The first-order valence-corrected chi connectivity index (χ1v) is 5.60. The number of amides is 2. The molecule has 6 nitrogen and oxygen atoms in total. The summed E-state index contributed by atoms with van der Waals surface area (Å²) in [6.45, 7) is 2.05. The lowest BCUT2D eigenvalue weighted by Crippen LogP contribution is -2.53. The number of carbonyl (C=O) groups is 2. The Labute approximate surface area is 94.1 Å². The highest BCUT2D eigenvalue weighted by molar-refractivity contribution is 5.90. The van der Waals surface area contributed by atoms with Crippen LogP contribution in [0.3, 0.4) is 0 Å². The molecule has 2 amide bonds. The Morgan fingerprint density at radius 1 is 1.62 bits per heavy atom. The number of rotatable bonds is 2. The van der Waals surface area contributed by atoms with Gasteiger partial charge in [0.25, 0.3) is 0 Å². The second-order valence-electron chi connectivity index (χ2n) is 4.17. The number of morpholine rings is 1. The van der Waals surface area contributed by atoms with Crippen LogP contribution in [0.15, 0.2) is 0 Å².